The van der Waals surface area contributed by atoms with E-state index in [0.717, 1.165) is 18.1 Å². The van der Waals surface area contributed by atoms with Crippen LogP contribution in [0.2, 0.25) is 0 Å². The number of hydrogen-bond acceptors (Lipinski definition) is 8. The van der Waals surface area contributed by atoms with Crippen LogP contribution in [0.15, 0.2) is 76.0 Å². The van der Waals surface area contributed by atoms with Gasteiger partial charge in [0.1, 0.15) is 16.9 Å². The van der Waals surface area contributed by atoms with Crippen molar-refractivity contribution in [3.63, 3.8) is 0 Å². The van der Waals surface area contributed by atoms with Crippen molar-refractivity contribution in [2.24, 2.45) is 5.92 Å². The number of non-ortho nitro benzene ring substituents is 1. The highest BCUT2D eigenvalue weighted by Crippen LogP contribution is 2.34. The van der Waals surface area contributed by atoms with Gasteiger partial charge in [0.2, 0.25) is 0 Å². The molecule has 1 heterocycles. The Labute approximate surface area is 225 Å². The fraction of sp³-hybridized carbons (Fsp3) is 0.214. The number of carbonyl (C=O) groups excluding carboxylic acids is 2. The number of furan rings is 1. The van der Waals surface area contributed by atoms with E-state index in [4.69, 9.17) is 9.15 Å². The maximum Gasteiger partial charge on any atom is 0.342 e. The quantitative estimate of drug-likeness (QED) is 0.155. The molecule has 1 amide bonds. The topological polar surface area (TPSA) is 137 Å². The normalized spacial score (nSPS) is 11.5. The molecule has 4 aromatic rings. The zero-order valence-electron chi connectivity index (χ0n) is 21.7. The average Bonchev–Trinajstić information content (AvgIpc) is 3.23. The highest BCUT2D eigenvalue weighted by Gasteiger charge is 2.33. The van der Waals surface area contributed by atoms with Crippen molar-refractivity contribution in [1.82, 2.24) is 0 Å². The van der Waals surface area contributed by atoms with Crippen LogP contribution in [0.25, 0.3) is 11.0 Å². The lowest BCUT2D eigenvalue weighted by Gasteiger charge is -2.23. The average molecular weight is 551 g/mol. The van der Waals surface area contributed by atoms with Gasteiger partial charge in [0.05, 0.1) is 22.6 Å². The second kappa shape index (κ2) is 10.7. The Balaban J connectivity index is 1.92. The molecule has 0 aliphatic rings. The van der Waals surface area contributed by atoms with Gasteiger partial charge < -0.3 is 9.15 Å². The van der Waals surface area contributed by atoms with Crippen LogP contribution in [0.1, 0.15) is 45.9 Å². The molecule has 0 spiro atoms. The van der Waals surface area contributed by atoms with Gasteiger partial charge in [0, 0.05) is 23.1 Å². The van der Waals surface area contributed by atoms with Crippen molar-refractivity contribution in [3.05, 3.63) is 99.3 Å². The van der Waals surface area contributed by atoms with Crippen LogP contribution in [0, 0.1) is 23.0 Å². The number of anilines is 1. The predicted octanol–water partition coefficient (Wildman–Crippen LogP) is 5.67. The first-order valence-electron chi connectivity index (χ1n) is 12.0. The predicted molar refractivity (Wildman–Crippen MR) is 144 cm³/mol. The fourth-order valence-electron chi connectivity index (χ4n) is 4.30. The summed E-state index contributed by atoms with van der Waals surface area (Å²) in [6, 6.07) is 15.2. The Morgan fingerprint density at radius 1 is 1.05 bits per heavy atom. The van der Waals surface area contributed by atoms with E-state index in [1.165, 1.54) is 55.6 Å². The Kier molecular flexibility index (Phi) is 7.55. The van der Waals surface area contributed by atoms with Crippen molar-refractivity contribution in [2.45, 2.75) is 32.1 Å². The molecule has 0 saturated heterocycles. The van der Waals surface area contributed by atoms with Crippen molar-refractivity contribution < 1.29 is 32.1 Å². The minimum Gasteiger partial charge on any atom is -0.465 e. The Bertz CT molecular complexity index is 1690. The number of sulfonamides is 1. The summed E-state index contributed by atoms with van der Waals surface area (Å²) in [5.74, 6) is -1.09. The highest BCUT2D eigenvalue weighted by molar-refractivity contribution is 7.93. The van der Waals surface area contributed by atoms with Crippen molar-refractivity contribution in [3.8, 4) is 0 Å². The minimum absolute atomic E-state index is 0.0868. The van der Waals surface area contributed by atoms with Gasteiger partial charge in [0.15, 0.2) is 0 Å². The number of carbonyl (C=O) groups is 2. The van der Waals surface area contributed by atoms with Crippen LogP contribution in [0.3, 0.4) is 0 Å². The van der Waals surface area contributed by atoms with Crippen LogP contribution in [0.5, 0.6) is 0 Å². The number of esters is 1. The summed E-state index contributed by atoms with van der Waals surface area (Å²) in [7, 11) is -3.31. The molecule has 0 saturated carbocycles. The third-order valence-corrected chi connectivity index (χ3v) is 7.79. The Morgan fingerprint density at radius 2 is 1.74 bits per heavy atom. The lowest BCUT2D eigenvalue weighted by molar-refractivity contribution is -0.384. The van der Waals surface area contributed by atoms with E-state index in [1.54, 1.807) is 19.1 Å². The molecule has 0 N–H and O–H groups in total. The van der Waals surface area contributed by atoms with E-state index < -0.39 is 26.8 Å². The number of ether oxygens (including phenoxy) is 1. The van der Waals surface area contributed by atoms with Gasteiger partial charge in [-0.15, -0.1) is 0 Å². The van der Waals surface area contributed by atoms with Crippen LogP contribution < -0.4 is 4.31 Å². The van der Waals surface area contributed by atoms with Gasteiger partial charge in [0.25, 0.3) is 21.6 Å². The smallest absolute Gasteiger partial charge is 0.342 e. The molecule has 39 heavy (non-hydrogen) atoms. The van der Waals surface area contributed by atoms with Crippen LogP contribution in [0.4, 0.5) is 11.4 Å². The zero-order valence-corrected chi connectivity index (χ0v) is 22.5. The van der Waals surface area contributed by atoms with Gasteiger partial charge in [-0.25, -0.2) is 13.2 Å². The van der Waals surface area contributed by atoms with Crippen LogP contribution >= 0.6 is 0 Å². The van der Waals surface area contributed by atoms with Crippen molar-refractivity contribution in [2.75, 3.05) is 11.4 Å². The molecule has 11 heteroatoms. The lowest BCUT2D eigenvalue weighted by atomic mass is 10.0. The monoisotopic (exact) mass is 550 g/mol. The van der Waals surface area contributed by atoms with Gasteiger partial charge in [-0.2, -0.15) is 4.31 Å². The second-order valence-electron chi connectivity index (χ2n) is 9.33. The first-order chi connectivity index (χ1) is 18.4. The molecule has 1 aromatic heterocycles. The SMILES string of the molecule is COC(=O)c1c(C)oc2ccc(N(C(=O)c3cccc([N+](=O)[O-])c3)S(=O)(=O)c3ccc(CC(C)C)cc3)cc12. The fourth-order valence-corrected chi connectivity index (χ4v) is 5.70. The number of hydrogen-bond donors (Lipinski definition) is 0. The largest absolute Gasteiger partial charge is 0.465 e. The standard InChI is InChI=1S/C28H26N2O8S/c1-17(2)14-19-8-11-23(12-9-19)39(35,36)29(27(31)20-6-5-7-22(15-20)30(33)34)21-10-13-25-24(16-21)26(18(3)38-25)28(32)37-4/h5-13,15-17H,14H2,1-4H3. The van der Waals surface area contributed by atoms with E-state index in [9.17, 15) is 28.1 Å². The first kappa shape index (κ1) is 27.5. The van der Waals surface area contributed by atoms with Crippen molar-refractivity contribution >= 4 is 44.2 Å². The molecule has 0 bridgehead atoms. The number of benzene rings is 3. The molecule has 10 nitrogen and oxygen atoms in total. The number of aryl methyl sites for hydroxylation is 1. The third kappa shape index (κ3) is 5.39. The van der Waals surface area contributed by atoms with E-state index in [2.05, 4.69) is 0 Å². The van der Waals surface area contributed by atoms with Gasteiger partial charge in [-0.1, -0.05) is 32.0 Å². The molecule has 4 rings (SSSR count). The first-order valence-corrected chi connectivity index (χ1v) is 13.4. The summed E-state index contributed by atoms with van der Waals surface area (Å²) < 4.78 is 39.0. The summed E-state index contributed by atoms with van der Waals surface area (Å²) in [4.78, 5) is 36.7. The van der Waals surface area contributed by atoms with E-state index >= 15 is 0 Å². The summed E-state index contributed by atoms with van der Waals surface area (Å²) in [5, 5.41) is 11.6. The van der Waals surface area contributed by atoms with Gasteiger partial charge in [-0.05, 0) is 61.2 Å². The minimum atomic E-state index is -4.51. The van der Waals surface area contributed by atoms with Crippen molar-refractivity contribution in [1.29, 1.82) is 0 Å². The highest BCUT2D eigenvalue weighted by atomic mass is 32.2. The van der Waals surface area contributed by atoms with Crippen LogP contribution in [-0.2, 0) is 21.2 Å². The summed E-state index contributed by atoms with van der Waals surface area (Å²) in [6.45, 7) is 5.65. The van der Waals surface area contributed by atoms with E-state index in [-0.39, 0.29) is 44.1 Å². The number of nitro groups is 1. The number of nitrogens with zero attached hydrogens (tertiary/aromatic N) is 2. The summed E-state index contributed by atoms with van der Waals surface area (Å²) in [5.41, 5.74) is 0.642. The van der Waals surface area contributed by atoms with Crippen LogP contribution in [-0.4, -0.2) is 32.3 Å². The molecule has 202 valence electrons. The van der Waals surface area contributed by atoms with E-state index in [1.807, 2.05) is 13.8 Å². The molecule has 0 atom stereocenters. The molecule has 0 unspecified atom stereocenters. The number of fused-ring (bicyclic) bond motifs is 1. The molecule has 0 radical (unpaired) electrons. The molecule has 0 fully saturated rings. The van der Waals surface area contributed by atoms with Gasteiger partial charge in [-0.3, -0.25) is 14.9 Å². The van der Waals surface area contributed by atoms with E-state index in [0.29, 0.717) is 10.2 Å². The number of amides is 1. The molecule has 0 aliphatic carbocycles. The molecular formula is C28H26N2O8S. The number of nitro benzene ring substituents is 1. The maximum absolute atomic E-state index is 14.0. The zero-order chi connectivity index (χ0) is 28.5. The molecule has 3 aromatic carbocycles. The molecular weight excluding hydrogens is 524 g/mol. The second-order valence-corrected chi connectivity index (χ2v) is 11.1. The summed E-state index contributed by atoms with van der Waals surface area (Å²) >= 11 is 0. The molecule has 0 aliphatic heterocycles. The third-order valence-electron chi connectivity index (χ3n) is 6.07. The summed E-state index contributed by atoms with van der Waals surface area (Å²) in [6.07, 6.45) is 0.740. The number of methoxy groups -OCH3 is 1. The van der Waals surface area contributed by atoms with Gasteiger partial charge >= 0.3 is 5.97 Å². The Hall–Kier alpha value is -4.51. The lowest BCUT2D eigenvalue weighted by Crippen LogP contribution is -2.37. The number of rotatable bonds is 8. The Morgan fingerprint density at radius 3 is 2.36 bits per heavy atom. The maximum atomic E-state index is 14.0.